The zero-order valence-electron chi connectivity index (χ0n) is 18.1. The van der Waals surface area contributed by atoms with Crippen LogP contribution in [0.15, 0.2) is 59.8 Å². The van der Waals surface area contributed by atoms with E-state index in [-0.39, 0.29) is 19.1 Å². The summed E-state index contributed by atoms with van der Waals surface area (Å²) in [5.41, 5.74) is 2.40. The van der Waals surface area contributed by atoms with Gasteiger partial charge in [-0.3, -0.25) is 9.69 Å². The topological polar surface area (TPSA) is 97.0 Å². The van der Waals surface area contributed by atoms with Gasteiger partial charge in [-0.25, -0.2) is 9.59 Å². The maximum Gasteiger partial charge on any atom is 0.338 e. The van der Waals surface area contributed by atoms with E-state index in [0.29, 0.717) is 47.2 Å². The Morgan fingerprint density at radius 2 is 1.97 bits per heavy atom. The zero-order valence-corrected chi connectivity index (χ0v) is 18.9. The third-order valence-electron chi connectivity index (χ3n) is 5.48. The molecule has 33 heavy (non-hydrogen) atoms. The number of nitrogens with zero attached hydrogens (tertiary/aromatic N) is 1. The lowest BCUT2D eigenvalue weighted by atomic mass is 9.95. The molecule has 2 aromatic carbocycles. The van der Waals surface area contributed by atoms with Crippen LogP contribution >= 0.6 is 11.6 Å². The summed E-state index contributed by atoms with van der Waals surface area (Å²) in [6, 6.07) is 13.4. The van der Waals surface area contributed by atoms with E-state index in [1.807, 2.05) is 31.2 Å². The number of nitrogens with one attached hydrogen (secondary N) is 2. The van der Waals surface area contributed by atoms with Crippen molar-refractivity contribution in [2.24, 2.45) is 0 Å². The van der Waals surface area contributed by atoms with Crippen molar-refractivity contribution in [3.05, 3.63) is 76.0 Å². The third-order valence-corrected chi connectivity index (χ3v) is 5.73. The third kappa shape index (κ3) is 4.96. The van der Waals surface area contributed by atoms with Gasteiger partial charge in [0.25, 0.3) is 0 Å². The van der Waals surface area contributed by atoms with Gasteiger partial charge in [0.05, 0.1) is 23.9 Å². The van der Waals surface area contributed by atoms with E-state index in [0.717, 1.165) is 5.56 Å². The van der Waals surface area contributed by atoms with Crippen molar-refractivity contribution < 1.29 is 23.9 Å². The molecule has 0 saturated carbocycles. The first-order valence-corrected chi connectivity index (χ1v) is 11.1. The Morgan fingerprint density at radius 1 is 1.21 bits per heavy atom. The van der Waals surface area contributed by atoms with Crippen molar-refractivity contribution in [2.45, 2.75) is 19.4 Å². The normalized spacial score (nSPS) is 17.4. The highest BCUT2D eigenvalue weighted by Gasteiger charge is 2.43. The van der Waals surface area contributed by atoms with E-state index >= 15 is 0 Å². The van der Waals surface area contributed by atoms with Crippen LogP contribution in [-0.4, -0.2) is 49.1 Å². The number of para-hydroxylation sites is 1. The van der Waals surface area contributed by atoms with E-state index in [2.05, 4.69) is 10.6 Å². The van der Waals surface area contributed by atoms with Crippen LogP contribution in [0.3, 0.4) is 0 Å². The van der Waals surface area contributed by atoms with Gasteiger partial charge < -0.3 is 20.1 Å². The van der Waals surface area contributed by atoms with Crippen molar-refractivity contribution in [3.63, 3.8) is 0 Å². The quantitative estimate of drug-likeness (QED) is 0.579. The average molecular weight is 470 g/mol. The number of hydrogen-bond acceptors (Lipinski definition) is 5. The Bertz CT molecular complexity index is 1100. The maximum atomic E-state index is 12.9. The summed E-state index contributed by atoms with van der Waals surface area (Å²) in [5.74, 6) is -0.279. The minimum atomic E-state index is -0.713. The van der Waals surface area contributed by atoms with Gasteiger partial charge in [-0.05, 0) is 37.1 Å². The number of amides is 3. The van der Waals surface area contributed by atoms with Crippen LogP contribution in [0.1, 0.15) is 24.1 Å². The predicted octanol–water partition coefficient (Wildman–Crippen LogP) is 2.97. The standard InChI is InChI=1S/C24H24ClN3O5/c1-2-32-19-6-4-3-5-17(19)22-21-18(14-33-23(21)30)28(24(31)27-22)13-20(29)26-12-11-15-7-9-16(25)10-8-15/h3-10,22H,2,11-14H2,1H3,(H,26,29)(H,27,31)/t22-/m1/s1. The lowest BCUT2D eigenvalue weighted by molar-refractivity contribution is -0.136. The number of carbonyl (C=O) groups is 3. The summed E-state index contributed by atoms with van der Waals surface area (Å²) >= 11 is 5.89. The highest BCUT2D eigenvalue weighted by atomic mass is 35.5. The SMILES string of the molecule is CCOc1ccccc1[C@H]1NC(=O)N(CC(=O)NCCc2ccc(Cl)cc2)C2=C1C(=O)OC2. The molecule has 2 N–H and O–H groups in total. The molecular formula is C24H24ClN3O5. The van der Waals surface area contributed by atoms with Gasteiger partial charge in [-0.15, -0.1) is 0 Å². The van der Waals surface area contributed by atoms with Crippen LogP contribution in [0.5, 0.6) is 5.75 Å². The Labute approximate surface area is 196 Å². The van der Waals surface area contributed by atoms with Crippen LogP contribution in [-0.2, 0) is 20.7 Å². The number of benzene rings is 2. The molecule has 2 aromatic rings. The molecule has 0 unspecified atom stereocenters. The Balaban J connectivity index is 1.48. The van der Waals surface area contributed by atoms with Gasteiger partial charge in [0.2, 0.25) is 5.91 Å². The second kappa shape index (κ2) is 9.95. The molecule has 0 radical (unpaired) electrons. The van der Waals surface area contributed by atoms with E-state index in [9.17, 15) is 14.4 Å². The van der Waals surface area contributed by atoms with Gasteiger partial charge >= 0.3 is 12.0 Å². The molecule has 9 heteroatoms. The number of halogens is 1. The molecule has 2 heterocycles. The first-order valence-electron chi connectivity index (χ1n) is 10.7. The first-order chi connectivity index (χ1) is 16.0. The van der Waals surface area contributed by atoms with Crippen LogP contribution < -0.4 is 15.4 Å². The number of cyclic esters (lactones) is 1. The molecule has 0 fully saturated rings. The average Bonchev–Trinajstić information content (AvgIpc) is 3.19. The smallest absolute Gasteiger partial charge is 0.338 e. The fraction of sp³-hybridized carbons (Fsp3) is 0.292. The van der Waals surface area contributed by atoms with Crippen molar-refractivity contribution in [2.75, 3.05) is 26.3 Å². The van der Waals surface area contributed by atoms with Crippen LogP contribution in [0.25, 0.3) is 0 Å². The first kappa shape index (κ1) is 22.7. The van der Waals surface area contributed by atoms with Crippen LogP contribution in [0.2, 0.25) is 5.02 Å². The highest BCUT2D eigenvalue weighted by molar-refractivity contribution is 6.30. The zero-order chi connectivity index (χ0) is 23.4. The summed E-state index contributed by atoms with van der Waals surface area (Å²) in [5, 5.41) is 6.29. The monoisotopic (exact) mass is 469 g/mol. The Kier molecular flexibility index (Phi) is 6.84. The van der Waals surface area contributed by atoms with Crippen molar-refractivity contribution in [3.8, 4) is 5.75 Å². The van der Waals surface area contributed by atoms with Gasteiger partial charge in [0, 0.05) is 17.1 Å². The molecule has 0 bridgehead atoms. The molecule has 0 spiro atoms. The van der Waals surface area contributed by atoms with Gasteiger partial charge in [-0.1, -0.05) is 41.9 Å². The Hall–Kier alpha value is -3.52. The minimum Gasteiger partial charge on any atom is -0.494 e. The van der Waals surface area contributed by atoms with E-state index in [4.69, 9.17) is 21.1 Å². The molecule has 4 rings (SSSR count). The predicted molar refractivity (Wildman–Crippen MR) is 122 cm³/mol. The lowest BCUT2D eigenvalue weighted by Gasteiger charge is -2.33. The van der Waals surface area contributed by atoms with Gasteiger partial charge in [-0.2, -0.15) is 0 Å². The molecule has 2 aliphatic heterocycles. The molecule has 3 amide bonds. The fourth-order valence-electron chi connectivity index (χ4n) is 3.91. The number of hydrogen-bond donors (Lipinski definition) is 2. The second-order valence-corrected chi connectivity index (χ2v) is 8.04. The fourth-order valence-corrected chi connectivity index (χ4v) is 4.04. The molecule has 2 aliphatic rings. The van der Waals surface area contributed by atoms with Crippen molar-refractivity contribution in [1.29, 1.82) is 0 Å². The number of carbonyl (C=O) groups excluding carboxylic acids is 3. The number of rotatable bonds is 8. The molecule has 0 saturated heterocycles. The molecule has 1 atom stereocenters. The molecule has 0 aliphatic carbocycles. The molecule has 172 valence electrons. The summed E-state index contributed by atoms with van der Waals surface area (Å²) in [7, 11) is 0. The number of ether oxygens (including phenoxy) is 2. The van der Waals surface area contributed by atoms with Crippen molar-refractivity contribution in [1.82, 2.24) is 15.5 Å². The van der Waals surface area contributed by atoms with E-state index in [1.54, 1.807) is 24.3 Å². The largest absolute Gasteiger partial charge is 0.494 e. The maximum absolute atomic E-state index is 12.9. The second-order valence-electron chi connectivity index (χ2n) is 7.60. The Morgan fingerprint density at radius 3 is 2.73 bits per heavy atom. The van der Waals surface area contributed by atoms with Gasteiger partial charge in [0.1, 0.15) is 18.9 Å². The van der Waals surface area contributed by atoms with Gasteiger partial charge in [0.15, 0.2) is 0 Å². The molecule has 0 aromatic heterocycles. The lowest BCUT2D eigenvalue weighted by Crippen LogP contribution is -2.50. The summed E-state index contributed by atoms with van der Waals surface area (Å²) in [6.07, 6.45) is 0.626. The van der Waals surface area contributed by atoms with Crippen molar-refractivity contribution >= 4 is 29.5 Å². The van der Waals surface area contributed by atoms with Crippen LogP contribution in [0, 0.1) is 0 Å². The van der Waals surface area contributed by atoms with E-state index in [1.165, 1.54) is 4.90 Å². The number of esters is 1. The highest BCUT2D eigenvalue weighted by Crippen LogP contribution is 2.38. The van der Waals surface area contributed by atoms with E-state index < -0.39 is 18.0 Å². The van der Waals surface area contributed by atoms with Crippen LogP contribution in [0.4, 0.5) is 4.79 Å². The minimum absolute atomic E-state index is 0.0626. The number of urea groups is 1. The summed E-state index contributed by atoms with van der Waals surface area (Å²) < 4.78 is 10.9. The molecule has 8 nitrogen and oxygen atoms in total. The summed E-state index contributed by atoms with van der Waals surface area (Å²) in [4.78, 5) is 39.3. The summed E-state index contributed by atoms with van der Waals surface area (Å²) in [6.45, 7) is 2.42. The molecular weight excluding hydrogens is 446 g/mol.